The van der Waals surface area contributed by atoms with Gasteiger partial charge in [0.05, 0.1) is 33.0 Å². The molecule has 0 radical (unpaired) electrons. The molecule has 0 N–H and O–H groups in total. The molecule has 6 heterocycles. The van der Waals surface area contributed by atoms with Crippen LogP contribution in [0.4, 0.5) is 5.82 Å². The predicted molar refractivity (Wildman–Crippen MR) is 151 cm³/mol. The summed E-state index contributed by atoms with van der Waals surface area (Å²) in [7, 11) is 2.09. The first kappa shape index (κ1) is 24.8. The SMILES string of the molecule is Cn1c(CN2CCC(N3CCOCC3)CC2)nc2c(N3CCOCC3)nc(-c3cncc4ccccc34)nc21. The Labute approximate surface area is 228 Å². The minimum Gasteiger partial charge on any atom is -0.379 e. The highest BCUT2D eigenvalue weighted by Gasteiger charge is 2.28. The number of anilines is 1. The van der Waals surface area contributed by atoms with Gasteiger partial charge in [0.2, 0.25) is 0 Å². The molecule has 3 aliphatic heterocycles. The van der Waals surface area contributed by atoms with Crippen LogP contribution in [0.5, 0.6) is 0 Å². The van der Waals surface area contributed by atoms with Gasteiger partial charge in [-0.15, -0.1) is 0 Å². The fourth-order valence-electron chi connectivity index (χ4n) is 6.23. The molecule has 10 heteroatoms. The van der Waals surface area contributed by atoms with Crippen molar-refractivity contribution in [3.63, 3.8) is 0 Å². The van der Waals surface area contributed by atoms with Crippen molar-refractivity contribution < 1.29 is 9.47 Å². The number of piperidine rings is 1. The smallest absolute Gasteiger partial charge is 0.166 e. The van der Waals surface area contributed by atoms with E-state index in [4.69, 9.17) is 24.4 Å². The molecule has 0 aliphatic carbocycles. The van der Waals surface area contributed by atoms with Crippen molar-refractivity contribution in [2.75, 3.05) is 70.6 Å². The fraction of sp³-hybridized carbons (Fsp3) is 0.517. The number of ether oxygens (including phenoxy) is 2. The third-order valence-electron chi connectivity index (χ3n) is 8.50. The van der Waals surface area contributed by atoms with Crippen molar-refractivity contribution in [1.82, 2.24) is 34.3 Å². The molecule has 0 bridgehead atoms. The Morgan fingerprint density at radius 3 is 2.38 bits per heavy atom. The topological polar surface area (TPSA) is 84.7 Å². The van der Waals surface area contributed by atoms with Crippen LogP contribution in [0.15, 0.2) is 36.7 Å². The summed E-state index contributed by atoms with van der Waals surface area (Å²) in [5, 5.41) is 2.18. The average molecular weight is 529 g/mol. The molecule has 3 saturated heterocycles. The van der Waals surface area contributed by atoms with Gasteiger partial charge >= 0.3 is 0 Å². The summed E-state index contributed by atoms with van der Waals surface area (Å²) in [5.74, 6) is 2.61. The zero-order chi connectivity index (χ0) is 26.2. The molecule has 1 aromatic carbocycles. The Hall–Kier alpha value is -3.18. The number of fused-ring (bicyclic) bond motifs is 2. The van der Waals surface area contributed by atoms with Gasteiger partial charge in [-0.3, -0.25) is 14.8 Å². The Kier molecular flexibility index (Phi) is 6.86. The van der Waals surface area contributed by atoms with Gasteiger partial charge in [0.15, 0.2) is 22.8 Å². The quantitative estimate of drug-likeness (QED) is 0.388. The molecule has 0 atom stereocenters. The number of benzene rings is 1. The van der Waals surface area contributed by atoms with E-state index in [1.54, 1.807) is 0 Å². The molecule has 3 aliphatic rings. The van der Waals surface area contributed by atoms with Crippen LogP contribution in [0.25, 0.3) is 33.3 Å². The van der Waals surface area contributed by atoms with Crippen LogP contribution in [0, 0.1) is 0 Å². The minimum atomic E-state index is 0.668. The summed E-state index contributed by atoms with van der Waals surface area (Å²) >= 11 is 0. The summed E-state index contributed by atoms with van der Waals surface area (Å²) in [6, 6.07) is 8.95. The second kappa shape index (κ2) is 10.8. The van der Waals surface area contributed by atoms with E-state index in [1.807, 2.05) is 18.5 Å². The average Bonchev–Trinajstić information content (AvgIpc) is 3.32. The molecule has 3 fully saturated rings. The Bertz CT molecular complexity index is 1450. The lowest BCUT2D eigenvalue weighted by atomic mass is 10.0. The number of imidazole rings is 1. The second-order valence-electron chi connectivity index (χ2n) is 10.8. The number of nitrogens with zero attached hydrogens (tertiary/aromatic N) is 8. The van der Waals surface area contributed by atoms with Crippen molar-refractivity contribution in [3.8, 4) is 11.4 Å². The van der Waals surface area contributed by atoms with Crippen molar-refractivity contribution in [2.45, 2.75) is 25.4 Å². The standard InChI is InChI=1S/C29H36N8O2/c1-34-25(20-35-8-6-22(7-9-35)36-10-14-38-15-11-36)31-26-28(34)32-27(33-29(26)37-12-16-39-17-13-37)24-19-30-18-21-4-2-3-5-23(21)24/h2-5,18-19,22H,6-17,20H2,1H3. The molecular formula is C29H36N8O2. The Morgan fingerprint density at radius 2 is 1.59 bits per heavy atom. The highest BCUT2D eigenvalue weighted by molar-refractivity contribution is 5.96. The number of aromatic nitrogens is 5. The van der Waals surface area contributed by atoms with Gasteiger partial charge in [-0.1, -0.05) is 24.3 Å². The zero-order valence-electron chi connectivity index (χ0n) is 22.6. The van der Waals surface area contributed by atoms with Gasteiger partial charge in [-0.2, -0.15) is 0 Å². The first-order chi connectivity index (χ1) is 19.2. The molecular weight excluding hydrogens is 492 g/mol. The predicted octanol–water partition coefficient (Wildman–Crippen LogP) is 2.71. The highest BCUT2D eigenvalue weighted by atomic mass is 16.5. The molecule has 10 nitrogen and oxygen atoms in total. The molecule has 3 aromatic heterocycles. The van der Waals surface area contributed by atoms with Gasteiger partial charge in [0, 0.05) is 75.7 Å². The summed E-state index contributed by atoms with van der Waals surface area (Å²) < 4.78 is 13.4. The van der Waals surface area contributed by atoms with E-state index in [0.717, 1.165) is 98.2 Å². The van der Waals surface area contributed by atoms with E-state index in [0.29, 0.717) is 25.1 Å². The number of hydrogen-bond donors (Lipinski definition) is 0. The lowest BCUT2D eigenvalue weighted by Crippen LogP contribution is -2.48. The van der Waals surface area contributed by atoms with E-state index in [9.17, 15) is 0 Å². The van der Waals surface area contributed by atoms with Crippen LogP contribution in [0.3, 0.4) is 0 Å². The van der Waals surface area contributed by atoms with Crippen LogP contribution >= 0.6 is 0 Å². The maximum absolute atomic E-state index is 5.65. The molecule has 0 amide bonds. The van der Waals surface area contributed by atoms with Crippen LogP contribution in [-0.2, 0) is 23.1 Å². The summed E-state index contributed by atoms with van der Waals surface area (Å²) in [5.41, 5.74) is 2.68. The Morgan fingerprint density at radius 1 is 0.846 bits per heavy atom. The van der Waals surface area contributed by atoms with Crippen molar-refractivity contribution in [3.05, 3.63) is 42.5 Å². The number of rotatable bonds is 5. The maximum atomic E-state index is 5.65. The number of aryl methyl sites for hydroxylation is 1. The number of hydrogen-bond acceptors (Lipinski definition) is 9. The monoisotopic (exact) mass is 528 g/mol. The number of pyridine rings is 1. The minimum absolute atomic E-state index is 0.668. The normalized spacial score (nSPS) is 20.3. The van der Waals surface area contributed by atoms with E-state index >= 15 is 0 Å². The summed E-state index contributed by atoms with van der Waals surface area (Å²) in [6.45, 7) is 9.80. The zero-order valence-corrected chi connectivity index (χ0v) is 22.6. The third-order valence-corrected chi connectivity index (χ3v) is 8.50. The molecule has 39 heavy (non-hydrogen) atoms. The lowest BCUT2D eigenvalue weighted by molar-refractivity contribution is -0.0000147. The molecule has 0 unspecified atom stereocenters. The molecule has 204 valence electrons. The summed E-state index contributed by atoms with van der Waals surface area (Å²) in [6.07, 6.45) is 6.16. The van der Waals surface area contributed by atoms with Gasteiger partial charge in [-0.05, 0) is 18.2 Å². The maximum Gasteiger partial charge on any atom is 0.166 e. The van der Waals surface area contributed by atoms with Crippen LogP contribution in [-0.4, -0.2) is 106 Å². The number of morpholine rings is 2. The van der Waals surface area contributed by atoms with E-state index in [1.165, 1.54) is 12.8 Å². The third kappa shape index (κ3) is 4.86. The largest absolute Gasteiger partial charge is 0.379 e. The van der Waals surface area contributed by atoms with Crippen molar-refractivity contribution in [2.24, 2.45) is 7.05 Å². The first-order valence-corrected chi connectivity index (χ1v) is 14.2. The first-order valence-electron chi connectivity index (χ1n) is 14.2. The van der Waals surface area contributed by atoms with Crippen molar-refractivity contribution in [1.29, 1.82) is 0 Å². The van der Waals surface area contributed by atoms with Crippen LogP contribution in [0.1, 0.15) is 18.7 Å². The highest BCUT2D eigenvalue weighted by Crippen LogP contribution is 2.31. The lowest BCUT2D eigenvalue weighted by Gasteiger charge is -2.39. The van der Waals surface area contributed by atoms with E-state index in [-0.39, 0.29) is 0 Å². The Balaban J connectivity index is 1.22. The molecule has 4 aromatic rings. The molecule has 0 spiro atoms. The van der Waals surface area contributed by atoms with Crippen LogP contribution in [0.2, 0.25) is 0 Å². The second-order valence-corrected chi connectivity index (χ2v) is 10.8. The van der Waals surface area contributed by atoms with Crippen LogP contribution < -0.4 is 4.90 Å². The molecule has 7 rings (SSSR count). The van der Waals surface area contributed by atoms with Gasteiger partial charge in [-0.25, -0.2) is 15.0 Å². The van der Waals surface area contributed by atoms with E-state index in [2.05, 4.69) is 49.5 Å². The van der Waals surface area contributed by atoms with Gasteiger partial charge in [0.25, 0.3) is 0 Å². The summed E-state index contributed by atoms with van der Waals surface area (Å²) in [4.78, 5) is 27.3. The fourth-order valence-corrected chi connectivity index (χ4v) is 6.23. The van der Waals surface area contributed by atoms with Crippen molar-refractivity contribution >= 4 is 27.8 Å². The molecule has 0 saturated carbocycles. The van der Waals surface area contributed by atoms with Gasteiger partial charge < -0.3 is 18.9 Å². The number of likely N-dealkylation sites (tertiary alicyclic amines) is 1. The van der Waals surface area contributed by atoms with E-state index < -0.39 is 0 Å². The van der Waals surface area contributed by atoms with Gasteiger partial charge in [0.1, 0.15) is 5.82 Å².